The molecule has 0 saturated carbocycles. The van der Waals surface area contributed by atoms with Crippen LogP contribution in [0, 0.1) is 11.3 Å². The largest absolute Gasteiger partial charge is 0.293 e. The zero-order valence-electron chi connectivity index (χ0n) is 10.7. The van der Waals surface area contributed by atoms with Crippen LogP contribution in [0.1, 0.15) is 21.5 Å². The van der Waals surface area contributed by atoms with E-state index in [1.54, 1.807) is 42.1 Å². The smallest absolute Gasteiger partial charge is 0.172 e. The van der Waals surface area contributed by atoms with Gasteiger partial charge in [-0.05, 0) is 42.0 Å². The average molecular weight is 302 g/mol. The summed E-state index contributed by atoms with van der Waals surface area (Å²) in [4.78, 5) is 12.0. The molecule has 0 amide bonds. The SMILES string of the molecule is N#Cc1cccc(CSCC(=O)c2ccc(Cl)cc2)c1. The number of nitriles is 1. The van der Waals surface area contributed by atoms with Crippen LogP contribution in [-0.4, -0.2) is 11.5 Å². The Morgan fingerprint density at radius 3 is 2.65 bits per heavy atom. The second kappa shape index (κ2) is 7.14. The molecule has 0 N–H and O–H groups in total. The molecule has 2 rings (SSSR count). The maximum absolute atomic E-state index is 12.0. The van der Waals surface area contributed by atoms with E-state index >= 15 is 0 Å². The summed E-state index contributed by atoms with van der Waals surface area (Å²) in [6, 6.07) is 16.5. The summed E-state index contributed by atoms with van der Waals surface area (Å²) in [6.45, 7) is 0. The normalized spacial score (nSPS) is 10.0. The molecule has 0 aliphatic rings. The maximum Gasteiger partial charge on any atom is 0.172 e. The molecule has 2 aromatic carbocycles. The van der Waals surface area contributed by atoms with Gasteiger partial charge in [0.2, 0.25) is 0 Å². The number of halogens is 1. The van der Waals surface area contributed by atoms with Crippen molar-refractivity contribution in [3.63, 3.8) is 0 Å². The molecule has 0 atom stereocenters. The molecule has 4 heteroatoms. The molecule has 2 aromatic rings. The van der Waals surface area contributed by atoms with Gasteiger partial charge in [0, 0.05) is 16.3 Å². The van der Waals surface area contributed by atoms with E-state index in [9.17, 15) is 4.79 Å². The highest BCUT2D eigenvalue weighted by Gasteiger charge is 2.06. The lowest BCUT2D eigenvalue weighted by molar-refractivity contribution is 0.102. The Labute approximate surface area is 127 Å². The zero-order chi connectivity index (χ0) is 14.4. The summed E-state index contributed by atoms with van der Waals surface area (Å²) < 4.78 is 0. The first-order valence-electron chi connectivity index (χ1n) is 6.04. The Morgan fingerprint density at radius 2 is 1.95 bits per heavy atom. The number of ketones is 1. The summed E-state index contributed by atoms with van der Waals surface area (Å²) in [7, 11) is 0. The Morgan fingerprint density at radius 1 is 1.20 bits per heavy atom. The van der Waals surface area contributed by atoms with Gasteiger partial charge in [-0.3, -0.25) is 4.79 Å². The first kappa shape index (κ1) is 14.6. The molecule has 0 fully saturated rings. The van der Waals surface area contributed by atoms with Crippen LogP contribution >= 0.6 is 23.4 Å². The molecule has 0 heterocycles. The second-order valence-corrected chi connectivity index (χ2v) is 5.66. The monoisotopic (exact) mass is 301 g/mol. The second-order valence-electron chi connectivity index (χ2n) is 4.24. The van der Waals surface area contributed by atoms with E-state index in [2.05, 4.69) is 6.07 Å². The number of Topliss-reactive ketones (excluding diaryl/α,β-unsaturated/α-hetero) is 1. The van der Waals surface area contributed by atoms with Crippen LogP contribution in [0.25, 0.3) is 0 Å². The summed E-state index contributed by atoms with van der Waals surface area (Å²) in [5.74, 6) is 1.22. The first-order chi connectivity index (χ1) is 9.69. The third-order valence-electron chi connectivity index (χ3n) is 2.72. The Hall–Kier alpha value is -1.76. The van der Waals surface area contributed by atoms with Crippen molar-refractivity contribution in [3.05, 3.63) is 70.2 Å². The number of carbonyl (C=O) groups excluding carboxylic acids is 1. The fourth-order valence-electron chi connectivity index (χ4n) is 1.71. The predicted molar refractivity (Wildman–Crippen MR) is 83.1 cm³/mol. The van der Waals surface area contributed by atoms with Gasteiger partial charge < -0.3 is 0 Å². The van der Waals surface area contributed by atoms with Gasteiger partial charge >= 0.3 is 0 Å². The molecule has 0 aliphatic heterocycles. The third-order valence-corrected chi connectivity index (χ3v) is 3.98. The van der Waals surface area contributed by atoms with Crippen LogP contribution in [-0.2, 0) is 5.75 Å². The number of nitrogens with zero attached hydrogens (tertiary/aromatic N) is 1. The lowest BCUT2D eigenvalue weighted by Gasteiger charge is -2.03. The minimum atomic E-state index is 0.0862. The van der Waals surface area contributed by atoms with E-state index in [4.69, 9.17) is 16.9 Å². The van der Waals surface area contributed by atoms with E-state index in [1.165, 1.54) is 0 Å². The Bertz CT molecular complexity index is 646. The molecule has 100 valence electrons. The van der Waals surface area contributed by atoms with E-state index in [0.717, 1.165) is 11.3 Å². The molecular weight excluding hydrogens is 290 g/mol. The fraction of sp³-hybridized carbons (Fsp3) is 0.125. The van der Waals surface area contributed by atoms with Crippen LogP contribution < -0.4 is 0 Å². The summed E-state index contributed by atoms with van der Waals surface area (Å²) in [6.07, 6.45) is 0. The average Bonchev–Trinajstić information content (AvgIpc) is 2.48. The van der Waals surface area contributed by atoms with Crippen molar-refractivity contribution in [2.45, 2.75) is 5.75 Å². The number of hydrogen-bond donors (Lipinski definition) is 0. The van der Waals surface area contributed by atoms with E-state index in [1.807, 2.05) is 18.2 Å². The van der Waals surface area contributed by atoms with Gasteiger partial charge in [0.15, 0.2) is 5.78 Å². The highest BCUT2D eigenvalue weighted by Crippen LogP contribution is 2.16. The highest BCUT2D eigenvalue weighted by atomic mass is 35.5. The van der Waals surface area contributed by atoms with E-state index < -0.39 is 0 Å². The van der Waals surface area contributed by atoms with Crippen LogP contribution in [0.3, 0.4) is 0 Å². The van der Waals surface area contributed by atoms with Crippen LogP contribution in [0.5, 0.6) is 0 Å². The number of hydrogen-bond acceptors (Lipinski definition) is 3. The number of thioether (sulfide) groups is 1. The minimum absolute atomic E-state index is 0.0862. The lowest BCUT2D eigenvalue weighted by Crippen LogP contribution is -2.02. The first-order valence-corrected chi connectivity index (χ1v) is 7.58. The van der Waals surface area contributed by atoms with Gasteiger partial charge in [0.1, 0.15) is 0 Å². The Balaban J connectivity index is 1.88. The van der Waals surface area contributed by atoms with Gasteiger partial charge in [-0.25, -0.2) is 0 Å². The fourth-order valence-corrected chi connectivity index (χ4v) is 2.71. The standard InChI is InChI=1S/C16H12ClNOS/c17-15-6-4-14(5-7-15)16(19)11-20-10-13-3-1-2-12(8-13)9-18/h1-8H,10-11H2. The molecule has 0 bridgehead atoms. The van der Waals surface area contributed by atoms with E-state index in [0.29, 0.717) is 21.9 Å². The molecule has 20 heavy (non-hydrogen) atoms. The summed E-state index contributed by atoms with van der Waals surface area (Å²) in [5.41, 5.74) is 2.37. The molecule has 0 unspecified atom stereocenters. The van der Waals surface area contributed by atoms with Crippen molar-refractivity contribution in [3.8, 4) is 6.07 Å². The minimum Gasteiger partial charge on any atom is -0.293 e. The number of rotatable bonds is 5. The van der Waals surface area contributed by atoms with Crippen molar-refractivity contribution in [2.24, 2.45) is 0 Å². The Kier molecular flexibility index (Phi) is 5.23. The van der Waals surface area contributed by atoms with E-state index in [-0.39, 0.29) is 5.78 Å². The topological polar surface area (TPSA) is 40.9 Å². The van der Waals surface area contributed by atoms with Crippen LogP contribution in [0.15, 0.2) is 48.5 Å². The van der Waals surface area contributed by atoms with Gasteiger partial charge in [0.25, 0.3) is 0 Å². The van der Waals surface area contributed by atoms with Gasteiger partial charge in [-0.1, -0.05) is 23.7 Å². The van der Waals surface area contributed by atoms with Gasteiger partial charge in [0.05, 0.1) is 17.4 Å². The molecule has 0 saturated heterocycles. The molecule has 0 spiro atoms. The summed E-state index contributed by atoms with van der Waals surface area (Å²) >= 11 is 7.33. The lowest BCUT2D eigenvalue weighted by atomic mass is 10.1. The number of benzene rings is 2. The van der Waals surface area contributed by atoms with Crippen LogP contribution in [0.4, 0.5) is 0 Å². The van der Waals surface area contributed by atoms with Crippen molar-refractivity contribution in [1.82, 2.24) is 0 Å². The van der Waals surface area contributed by atoms with Crippen molar-refractivity contribution < 1.29 is 4.79 Å². The zero-order valence-corrected chi connectivity index (χ0v) is 12.2. The highest BCUT2D eigenvalue weighted by molar-refractivity contribution is 7.99. The number of carbonyl (C=O) groups is 1. The molecular formula is C16H12ClNOS. The van der Waals surface area contributed by atoms with Crippen molar-refractivity contribution in [1.29, 1.82) is 5.26 Å². The summed E-state index contributed by atoms with van der Waals surface area (Å²) in [5, 5.41) is 9.45. The van der Waals surface area contributed by atoms with Gasteiger partial charge in [-0.2, -0.15) is 5.26 Å². The van der Waals surface area contributed by atoms with Crippen LogP contribution in [0.2, 0.25) is 5.02 Å². The molecule has 0 radical (unpaired) electrons. The molecule has 0 aromatic heterocycles. The predicted octanol–water partition coefficient (Wildman–Crippen LogP) is 4.33. The van der Waals surface area contributed by atoms with Gasteiger partial charge in [-0.15, -0.1) is 11.8 Å². The quantitative estimate of drug-likeness (QED) is 0.772. The third kappa shape index (κ3) is 4.12. The van der Waals surface area contributed by atoms with Crippen molar-refractivity contribution >= 4 is 29.1 Å². The van der Waals surface area contributed by atoms with Crippen molar-refractivity contribution in [2.75, 3.05) is 5.75 Å². The molecule has 0 aliphatic carbocycles. The molecule has 2 nitrogen and oxygen atoms in total. The maximum atomic E-state index is 12.0.